The minimum Gasteiger partial charge on any atom is -0.728 e. The fourth-order valence-electron chi connectivity index (χ4n) is 0.572. The summed E-state index contributed by atoms with van der Waals surface area (Å²) >= 11 is 0. The van der Waals surface area contributed by atoms with Gasteiger partial charge in [-0.25, -0.2) is 0 Å². The predicted molar refractivity (Wildman–Crippen MR) is 34.1 cm³/mol. The summed E-state index contributed by atoms with van der Waals surface area (Å²) in [5, 5.41) is 17.3. The summed E-state index contributed by atoms with van der Waals surface area (Å²) in [6.45, 7) is 0. The highest BCUT2D eigenvalue weighted by Gasteiger charge is 1.88. The summed E-state index contributed by atoms with van der Waals surface area (Å²) in [6.07, 6.45) is 0. The zero-order valence-electron chi connectivity index (χ0n) is 5.10. The van der Waals surface area contributed by atoms with Crippen molar-refractivity contribution in [2.45, 2.75) is 0 Å². The van der Waals surface area contributed by atoms with Crippen LogP contribution >= 0.6 is 0 Å². The lowest BCUT2D eigenvalue weighted by molar-refractivity contribution is -0.241. The van der Waals surface area contributed by atoms with Crippen molar-refractivity contribution in [2.24, 2.45) is 0 Å². The molecular weight excluding hydrogens is 134 g/mol. The van der Waals surface area contributed by atoms with E-state index in [-0.39, 0.29) is 0 Å². The van der Waals surface area contributed by atoms with Gasteiger partial charge < -0.3 is 10.0 Å². The van der Waals surface area contributed by atoms with Gasteiger partial charge in [0.05, 0.1) is 0 Å². The molecule has 0 spiro atoms. The van der Waals surface area contributed by atoms with Gasteiger partial charge in [-0.15, -0.1) is 0 Å². The van der Waals surface area contributed by atoms with Gasteiger partial charge in [0.1, 0.15) is 5.75 Å². The van der Waals surface area contributed by atoms with Crippen molar-refractivity contribution in [1.82, 2.24) is 5.39 Å². The van der Waals surface area contributed by atoms with Gasteiger partial charge in [0, 0.05) is 0 Å². The van der Waals surface area contributed by atoms with Crippen LogP contribution in [0.15, 0.2) is 30.3 Å². The number of rotatable bonds is 2. The van der Waals surface area contributed by atoms with Gasteiger partial charge in [-0.1, -0.05) is 23.6 Å². The van der Waals surface area contributed by atoms with Crippen LogP contribution in [0.4, 0.5) is 0 Å². The van der Waals surface area contributed by atoms with Gasteiger partial charge in [0.25, 0.3) is 0 Å². The van der Waals surface area contributed by atoms with E-state index in [1.165, 1.54) is 0 Å². The standard InChI is InChI=1S/C6H6NO3/c8-7(9)10-6-4-2-1-3-5-6/h1-5,8H/q-1. The molecule has 0 amide bonds. The normalized spacial score (nSPS) is 9.90. The van der Waals surface area contributed by atoms with Crippen molar-refractivity contribution >= 4 is 0 Å². The van der Waals surface area contributed by atoms with Crippen molar-refractivity contribution in [3.8, 4) is 5.75 Å². The largest absolute Gasteiger partial charge is 0.728 e. The van der Waals surface area contributed by atoms with Crippen molar-refractivity contribution in [3.05, 3.63) is 35.5 Å². The molecule has 0 saturated carbocycles. The highest BCUT2D eigenvalue weighted by Crippen LogP contribution is 2.08. The fraction of sp³-hybridized carbons (Fsp3) is 0. The Morgan fingerprint density at radius 1 is 1.30 bits per heavy atom. The smallest absolute Gasteiger partial charge is 0.149 e. The van der Waals surface area contributed by atoms with Crippen LogP contribution in [0.25, 0.3) is 0 Å². The SMILES string of the molecule is [O-]N(O)Oc1ccccc1. The first kappa shape index (κ1) is 7.01. The molecule has 0 aliphatic carbocycles. The van der Waals surface area contributed by atoms with Gasteiger partial charge in [0.2, 0.25) is 0 Å². The molecule has 0 fully saturated rings. The maximum Gasteiger partial charge on any atom is 0.149 e. The van der Waals surface area contributed by atoms with E-state index in [1.807, 2.05) is 0 Å². The van der Waals surface area contributed by atoms with Crippen molar-refractivity contribution in [3.63, 3.8) is 0 Å². The highest BCUT2D eigenvalue weighted by atomic mass is 17.1. The highest BCUT2D eigenvalue weighted by molar-refractivity contribution is 5.20. The summed E-state index contributed by atoms with van der Waals surface area (Å²) in [5.41, 5.74) is 0. The molecule has 1 aromatic rings. The van der Waals surface area contributed by atoms with Crippen molar-refractivity contribution in [1.29, 1.82) is 0 Å². The third-order valence-electron chi connectivity index (χ3n) is 0.927. The molecule has 0 radical (unpaired) electrons. The number of nitrogens with zero attached hydrogens (tertiary/aromatic N) is 1. The average Bonchev–Trinajstić information content (AvgIpc) is 1.88. The number of hydrogen-bond donors (Lipinski definition) is 1. The second-order valence-corrected chi connectivity index (χ2v) is 1.64. The minimum absolute atomic E-state index is 0.306. The first-order chi connectivity index (χ1) is 4.79. The summed E-state index contributed by atoms with van der Waals surface area (Å²) in [5.74, 6) is 0.306. The van der Waals surface area contributed by atoms with Gasteiger partial charge in [0.15, 0.2) is 0 Å². The maximum absolute atomic E-state index is 9.86. The molecule has 54 valence electrons. The van der Waals surface area contributed by atoms with Gasteiger partial charge in [-0.2, -0.15) is 0 Å². The molecule has 0 heterocycles. The lowest BCUT2D eigenvalue weighted by Crippen LogP contribution is -2.14. The van der Waals surface area contributed by atoms with Crippen molar-refractivity contribution < 1.29 is 10.0 Å². The Balaban J connectivity index is 2.59. The van der Waals surface area contributed by atoms with Crippen LogP contribution in [0.3, 0.4) is 0 Å². The third kappa shape index (κ3) is 2.02. The van der Waals surface area contributed by atoms with E-state index in [1.54, 1.807) is 30.3 Å². The predicted octanol–water partition coefficient (Wildman–Crippen LogP) is 1.17. The van der Waals surface area contributed by atoms with E-state index in [2.05, 4.69) is 4.84 Å². The second kappa shape index (κ2) is 3.17. The molecule has 0 atom stereocenters. The van der Waals surface area contributed by atoms with Crippen LogP contribution in [0.5, 0.6) is 5.75 Å². The molecular formula is C6H6NO3-. The molecule has 0 aliphatic heterocycles. The zero-order valence-corrected chi connectivity index (χ0v) is 5.10. The number of para-hydroxylation sites is 1. The minimum atomic E-state index is -0.588. The van der Waals surface area contributed by atoms with Crippen LogP contribution in [0, 0.1) is 5.21 Å². The molecule has 0 aliphatic rings. The second-order valence-electron chi connectivity index (χ2n) is 1.64. The van der Waals surface area contributed by atoms with E-state index in [0.717, 1.165) is 0 Å². The van der Waals surface area contributed by atoms with Crippen LogP contribution in [0.2, 0.25) is 0 Å². The summed E-state index contributed by atoms with van der Waals surface area (Å²) in [4.78, 5) is 4.25. The first-order valence-electron chi connectivity index (χ1n) is 2.68. The van der Waals surface area contributed by atoms with E-state index in [4.69, 9.17) is 5.21 Å². The summed E-state index contributed by atoms with van der Waals surface area (Å²) in [7, 11) is 0. The van der Waals surface area contributed by atoms with Gasteiger partial charge >= 0.3 is 0 Å². The van der Waals surface area contributed by atoms with Crippen molar-refractivity contribution in [2.75, 3.05) is 0 Å². The Bertz CT molecular complexity index is 187. The van der Waals surface area contributed by atoms with Gasteiger partial charge in [-0.3, -0.25) is 5.21 Å². The molecule has 0 aromatic heterocycles. The monoisotopic (exact) mass is 140 g/mol. The van der Waals surface area contributed by atoms with Crippen LogP contribution in [-0.4, -0.2) is 10.6 Å². The fourth-order valence-corrected chi connectivity index (χ4v) is 0.572. The van der Waals surface area contributed by atoms with Crippen LogP contribution in [-0.2, 0) is 0 Å². The molecule has 0 bridgehead atoms. The Labute approximate surface area is 57.8 Å². The Morgan fingerprint density at radius 3 is 2.40 bits per heavy atom. The van der Waals surface area contributed by atoms with Crippen LogP contribution < -0.4 is 4.84 Å². The lowest BCUT2D eigenvalue weighted by atomic mass is 10.3. The molecule has 1 aromatic carbocycles. The summed E-state index contributed by atoms with van der Waals surface area (Å²) in [6, 6.07) is 8.28. The van der Waals surface area contributed by atoms with Gasteiger partial charge in [-0.05, 0) is 12.1 Å². The third-order valence-corrected chi connectivity index (χ3v) is 0.927. The topological polar surface area (TPSA) is 55.8 Å². The molecule has 0 unspecified atom stereocenters. The Kier molecular flexibility index (Phi) is 2.22. The maximum atomic E-state index is 9.86. The number of benzene rings is 1. The van der Waals surface area contributed by atoms with Crippen LogP contribution in [0.1, 0.15) is 0 Å². The van der Waals surface area contributed by atoms with E-state index >= 15 is 0 Å². The molecule has 0 saturated heterocycles. The number of hydrogen-bond acceptors (Lipinski definition) is 4. The Hall–Kier alpha value is -1.10. The summed E-state index contributed by atoms with van der Waals surface area (Å²) < 4.78 is 0. The first-order valence-corrected chi connectivity index (χ1v) is 2.68. The molecule has 4 nitrogen and oxygen atoms in total. The van der Waals surface area contributed by atoms with E-state index in [0.29, 0.717) is 5.75 Å². The quantitative estimate of drug-likeness (QED) is 0.626. The molecule has 10 heavy (non-hydrogen) atoms. The van der Waals surface area contributed by atoms with E-state index in [9.17, 15) is 5.21 Å². The molecule has 1 N–H and O–H groups in total. The molecule has 1 rings (SSSR count). The zero-order chi connectivity index (χ0) is 7.40. The van der Waals surface area contributed by atoms with E-state index < -0.39 is 5.39 Å². The lowest BCUT2D eigenvalue weighted by Gasteiger charge is -2.18. The molecule has 4 heteroatoms. The average molecular weight is 140 g/mol. The Morgan fingerprint density at radius 2 is 1.90 bits per heavy atom.